The molecule has 0 spiro atoms. The van der Waals surface area contributed by atoms with E-state index in [1.54, 1.807) is 0 Å². The first-order valence-corrected chi connectivity index (χ1v) is 5.41. The predicted octanol–water partition coefficient (Wildman–Crippen LogP) is 2.57. The van der Waals surface area contributed by atoms with Crippen molar-refractivity contribution >= 4 is 5.91 Å². The van der Waals surface area contributed by atoms with Gasteiger partial charge in [-0.2, -0.15) is 0 Å². The molecular formula is C12H19NO. The molecular weight excluding hydrogens is 174 g/mol. The molecule has 78 valence electrons. The van der Waals surface area contributed by atoms with Crippen LogP contribution in [-0.2, 0) is 4.79 Å². The Hall–Kier alpha value is -1.05. The predicted molar refractivity (Wildman–Crippen MR) is 59.0 cm³/mol. The molecule has 1 aliphatic rings. The van der Waals surface area contributed by atoms with E-state index in [0.717, 1.165) is 31.3 Å². The van der Waals surface area contributed by atoms with Crippen LogP contribution in [0.5, 0.6) is 0 Å². The zero-order valence-electron chi connectivity index (χ0n) is 9.05. The zero-order chi connectivity index (χ0) is 10.4. The highest BCUT2D eigenvalue weighted by molar-refractivity contribution is 5.96. The Morgan fingerprint density at radius 1 is 1.57 bits per heavy atom. The van der Waals surface area contributed by atoms with E-state index >= 15 is 0 Å². The molecule has 1 unspecified atom stereocenters. The van der Waals surface area contributed by atoms with Crippen molar-refractivity contribution in [2.75, 3.05) is 0 Å². The maximum Gasteiger partial charge on any atom is 0.251 e. The SMILES string of the molecule is CCCC(C)NC(=O)C1=CCCC=C1. The Labute approximate surface area is 86.1 Å². The first-order chi connectivity index (χ1) is 6.74. The van der Waals surface area contributed by atoms with Gasteiger partial charge in [0.2, 0.25) is 0 Å². The lowest BCUT2D eigenvalue weighted by molar-refractivity contribution is -0.117. The highest BCUT2D eigenvalue weighted by Crippen LogP contribution is 2.10. The average Bonchev–Trinajstić information content (AvgIpc) is 2.19. The van der Waals surface area contributed by atoms with Gasteiger partial charge in [0.1, 0.15) is 0 Å². The van der Waals surface area contributed by atoms with Crippen LogP contribution in [-0.4, -0.2) is 11.9 Å². The Kier molecular flexibility index (Phi) is 4.44. The van der Waals surface area contributed by atoms with Crippen LogP contribution in [0.3, 0.4) is 0 Å². The first-order valence-electron chi connectivity index (χ1n) is 5.41. The van der Waals surface area contributed by atoms with Gasteiger partial charge in [-0.3, -0.25) is 4.79 Å². The molecule has 0 aliphatic heterocycles. The second-order valence-electron chi connectivity index (χ2n) is 3.80. The van der Waals surface area contributed by atoms with Crippen LogP contribution in [0.25, 0.3) is 0 Å². The van der Waals surface area contributed by atoms with E-state index in [4.69, 9.17) is 0 Å². The maximum atomic E-state index is 11.7. The normalized spacial score (nSPS) is 17.4. The van der Waals surface area contributed by atoms with Gasteiger partial charge in [0.05, 0.1) is 0 Å². The average molecular weight is 193 g/mol. The van der Waals surface area contributed by atoms with Crippen molar-refractivity contribution in [1.82, 2.24) is 5.32 Å². The third kappa shape index (κ3) is 3.36. The van der Waals surface area contributed by atoms with Gasteiger partial charge >= 0.3 is 0 Å². The van der Waals surface area contributed by atoms with Gasteiger partial charge in [0, 0.05) is 11.6 Å². The van der Waals surface area contributed by atoms with Crippen molar-refractivity contribution in [2.45, 2.75) is 45.6 Å². The molecule has 1 amide bonds. The van der Waals surface area contributed by atoms with E-state index in [-0.39, 0.29) is 11.9 Å². The van der Waals surface area contributed by atoms with Gasteiger partial charge < -0.3 is 5.32 Å². The number of hydrogen-bond acceptors (Lipinski definition) is 1. The minimum Gasteiger partial charge on any atom is -0.350 e. The van der Waals surface area contributed by atoms with Gasteiger partial charge in [-0.05, 0) is 26.2 Å². The Morgan fingerprint density at radius 3 is 2.93 bits per heavy atom. The largest absolute Gasteiger partial charge is 0.350 e. The molecule has 0 bridgehead atoms. The summed E-state index contributed by atoms with van der Waals surface area (Å²) in [5, 5.41) is 2.99. The second kappa shape index (κ2) is 5.63. The van der Waals surface area contributed by atoms with Crippen LogP contribution >= 0.6 is 0 Å². The van der Waals surface area contributed by atoms with Crippen molar-refractivity contribution in [3.8, 4) is 0 Å². The molecule has 1 aliphatic carbocycles. The molecule has 0 fully saturated rings. The third-order valence-corrected chi connectivity index (χ3v) is 2.36. The van der Waals surface area contributed by atoms with Crippen LogP contribution in [0.1, 0.15) is 39.5 Å². The quantitative estimate of drug-likeness (QED) is 0.730. The highest BCUT2D eigenvalue weighted by atomic mass is 16.1. The number of amides is 1. The molecule has 2 heteroatoms. The van der Waals surface area contributed by atoms with Crippen molar-refractivity contribution in [1.29, 1.82) is 0 Å². The Morgan fingerprint density at radius 2 is 2.36 bits per heavy atom. The smallest absolute Gasteiger partial charge is 0.251 e. The van der Waals surface area contributed by atoms with Crippen molar-refractivity contribution in [2.24, 2.45) is 0 Å². The molecule has 2 nitrogen and oxygen atoms in total. The van der Waals surface area contributed by atoms with Crippen LogP contribution in [0.15, 0.2) is 23.8 Å². The molecule has 0 saturated heterocycles. The molecule has 0 aromatic rings. The summed E-state index contributed by atoms with van der Waals surface area (Å²) in [5.74, 6) is 0.0712. The van der Waals surface area contributed by atoms with E-state index in [0.29, 0.717) is 0 Å². The minimum atomic E-state index is 0.0712. The summed E-state index contributed by atoms with van der Waals surface area (Å²) in [6, 6.07) is 0.281. The van der Waals surface area contributed by atoms with E-state index in [2.05, 4.69) is 25.2 Å². The zero-order valence-corrected chi connectivity index (χ0v) is 9.05. The van der Waals surface area contributed by atoms with Gasteiger partial charge in [0.25, 0.3) is 5.91 Å². The fourth-order valence-electron chi connectivity index (χ4n) is 1.59. The summed E-state index contributed by atoms with van der Waals surface area (Å²) >= 11 is 0. The molecule has 0 heterocycles. The molecule has 0 aromatic heterocycles. The van der Waals surface area contributed by atoms with Crippen LogP contribution in [0.4, 0.5) is 0 Å². The summed E-state index contributed by atoms with van der Waals surface area (Å²) in [6.07, 6.45) is 10.2. The Bertz CT molecular complexity index is 253. The van der Waals surface area contributed by atoms with E-state index in [9.17, 15) is 4.79 Å². The van der Waals surface area contributed by atoms with Gasteiger partial charge in [-0.1, -0.05) is 31.6 Å². The molecule has 1 rings (SSSR count). The summed E-state index contributed by atoms with van der Waals surface area (Å²) in [6.45, 7) is 4.18. The molecule has 0 aromatic carbocycles. The third-order valence-electron chi connectivity index (χ3n) is 2.36. The number of rotatable bonds is 4. The van der Waals surface area contributed by atoms with E-state index in [1.807, 2.05) is 12.2 Å². The fourth-order valence-corrected chi connectivity index (χ4v) is 1.59. The minimum absolute atomic E-state index is 0.0712. The lowest BCUT2D eigenvalue weighted by Crippen LogP contribution is -2.33. The molecule has 1 N–H and O–H groups in total. The Balaban J connectivity index is 2.41. The number of carbonyl (C=O) groups is 1. The van der Waals surface area contributed by atoms with Gasteiger partial charge in [-0.25, -0.2) is 0 Å². The summed E-state index contributed by atoms with van der Waals surface area (Å²) in [7, 11) is 0. The lowest BCUT2D eigenvalue weighted by Gasteiger charge is -2.14. The van der Waals surface area contributed by atoms with E-state index in [1.165, 1.54) is 0 Å². The molecule has 1 atom stereocenters. The lowest BCUT2D eigenvalue weighted by atomic mass is 10.1. The van der Waals surface area contributed by atoms with Crippen molar-refractivity contribution in [3.05, 3.63) is 23.8 Å². The monoisotopic (exact) mass is 193 g/mol. The number of hydrogen-bond donors (Lipinski definition) is 1. The van der Waals surface area contributed by atoms with Crippen molar-refractivity contribution in [3.63, 3.8) is 0 Å². The fraction of sp³-hybridized carbons (Fsp3) is 0.583. The second-order valence-corrected chi connectivity index (χ2v) is 3.80. The van der Waals surface area contributed by atoms with Crippen LogP contribution < -0.4 is 5.32 Å². The summed E-state index contributed by atoms with van der Waals surface area (Å²) < 4.78 is 0. The highest BCUT2D eigenvalue weighted by Gasteiger charge is 2.10. The number of carbonyl (C=O) groups excluding carboxylic acids is 1. The maximum absolute atomic E-state index is 11.7. The number of nitrogens with one attached hydrogen (secondary N) is 1. The molecule has 14 heavy (non-hydrogen) atoms. The topological polar surface area (TPSA) is 29.1 Å². The van der Waals surface area contributed by atoms with Crippen molar-refractivity contribution < 1.29 is 4.79 Å². The van der Waals surface area contributed by atoms with E-state index < -0.39 is 0 Å². The number of allylic oxidation sites excluding steroid dienone is 2. The first kappa shape index (κ1) is 11.0. The van der Waals surface area contributed by atoms with Crippen LogP contribution in [0, 0.1) is 0 Å². The van der Waals surface area contributed by atoms with Crippen LogP contribution in [0.2, 0.25) is 0 Å². The standard InChI is InChI=1S/C12H19NO/c1-3-7-10(2)13-12(14)11-8-5-4-6-9-11/h5,8-10H,3-4,6-7H2,1-2H3,(H,13,14). The summed E-state index contributed by atoms with van der Waals surface area (Å²) in [4.78, 5) is 11.7. The summed E-state index contributed by atoms with van der Waals surface area (Å²) in [5.41, 5.74) is 0.819. The molecule has 0 radical (unpaired) electrons. The molecule has 0 saturated carbocycles. The van der Waals surface area contributed by atoms with Gasteiger partial charge in [0.15, 0.2) is 0 Å². The van der Waals surface area contributed by atoms with Gasteiger partial charge in [-0.15, -0.1) is 0 Å².